The molecule has 3 rings (SSSR count). The molecule has 9 heteroatoms. The molecule has 0 aliphatic rings. The normalized spacial score (nSPS) is 12.3. The van der Waals surface area contributed by atoms with Gasteiger partial charge in [-0.25, -0.2) is 13.6 Å². The van der Waals surface area contributed by atoms with Crippen molar-refractivity contribution in [1.29, 1.82) is 0 Å². The van der Waals surface area contributed by atoms with Gasteiger partial charge < -0.3 is 15.2 Å². The zero-order valence-electron chi connectivity index (χ0n) is 13.5. The summed E-state index contributed by atoms with van der Waals surface area (Å²) in [6.45, 7) is 3.48. The van der Waals surface area contributed by atoms with Crippen LogP contribution in [0, 0.1) is 13.8 Å². The summed E-state index contributed by atoms with van der Waals surface area (Å²) < 4.78 is 22.5. The number of aryl methyl sites for hydroxylation is 2. The van der Waals surface area contributed by atoms with Crippen LogP contribution in [-0.2, 0) is 10.0 Å². The van der Waals surface area contributed by atoms with E-state index in [0.717, 1.165) is 0 Å². The van der Waals surface area contributed by atoms with Crippen LogP contribution in [0.25, 0.3) is 10.9 Å². The monoisotopic (exact) mass is 360 g/mol. The second kappa shape index (κ2) is 5.87. The molecule has 25 heavy (non-hydrogen) atoms. The van der Waals surface area contributed by atoms with Crippen molar-refractivity contribution in [1.82, 2.24) is 4.98 Å². The second-order valence-electron chi connectivity index (χ2n) is 5.65. The minimum atomic E-state index is -3.77. The molecule has 0 atom stereocenters. The Labute approximate surface area is 143 Å². The van der Waals surface area contributed by atoms with Crippen molar-refractivity contribution in [3.63, 3.8) is 0 Å². The highest BCUT2D eigenvalue weighted by Gasteiger charge is 2.16. The maximum atomic E-state index is 11.2. The van der Waals surface area contributed by atoms with Crippen LogP contribution in [-0.4, -0.2) is 23.6 Å². The first kappa shape index (κ1) is 16.9. The molecule has 0 amide bonds. The average molecular weight is 360 g/mol. The van der Waals surface area contributed by atoms with E-state index in [1.807, 2.05) is 0 Å². The minimum absolute atomic E-state index is 0.0300. The van der Waals surface area contributed by atoms with Gasteiger partial charge in [-0.1, -0.05) is 0 Å². The third-order valence-electron chi connectivity index (χ3n) is 3.88. The molecule has 130 valence electrons. The lowest BCUT2D eigenvalue weighted by atomic mass is 10.1. The Hall–Kier alpha value is -2.91. The number of nitrogens with two attached hydrogens (primary N) is 1. The first-order chi connectivity index (χ1) is 11.7. The summed E-state index contributed by atoms with van der Waals surface area (Å²) >= 11 is 0. The number of primary sulfonamides is 1. The molecule has 2 aromatic carbocycles. The van der Waals surface area contributed by atoms with Crippen molar-refractivity contribution in [2.45, 2.75) is 18.7 Å². The fourth-order valence-corrected chi connectivity index (χ4v) is 3.11. The first-order valence-electron chi connectivity index (χ1n) is 7.27. The SMILES string of the molecule is Cc1cc2[nH]c(O)c(N=Nc3ccc(S(N)(=O)=O)cc3)c2c(C)c1O. The number of azo groups is 1. The van der Waals surface area contributed by atoms with Gasteiger partial charge in [0.25, 0.3) is 0 Å². The summed E-state index contributed by atoms with van der Waals surface area (Å²) in [6, 6.07) is 7.24. The van der Waals surface area contributed by atoms with Crippen LogP contribution in [0.15, 0.2) is 45.5 Å². The number of hydrogen-bond acceptors (Lipinski definition) is 6. The number of benzene rings is 2. The number of sulfonamides is 1. The van der Waals surface area contributed by atoms with Crippen molar-refractivity contribution in [3.05, 3.63) is 41.5 Å². The maximum absolute atomic E-state index is 11.2. The number of aromatic hydroxyl groups is 2. The van der Waals surface area contributed by atoms with Crippen molar-refractivity contribution in [3.8, 4) is 11.6 Å². The second-order valence-corrected chi connectivity index (χ2v) is 7.21. The lowest BCUT2D eigenvalue weighted by molar-refractivity contribution is 0.459. The fraction of sp³-hybridized carbons (Fsp3) is 0.125. The van der Waals surface area contributed by atoms with E-state index in [4.69, 9.17) is 5.14 Å². The molecule has 0 bridgehead atoms. The predicted octanol–water partition coefficient (Wildman–Crippen LogP) is 3.26. The van der Waals surface area contributed by atoms with Crippen LogP contribution in [0.4, 0.5) is 11.4 Å². The highest BCUT2D eigenvalue weighted by Crippen LogP contribution is 2.42. The van der Waals surface area contributed by atoms with Gasteiger partial charge in [0.05, 0.1) is 16.1 Å². The molecule has 0 aliphatic heterocycles. The molecule has 0 aliphatic carbocycles. The van der Waals surface area contributed by atoms with E-state index in [1.165, 1.54) is 24.3 Å². The van der Waals surface area contributed by atoms with Crippen LogP contribution in [0.5, 0.6) is 11.6 Å². The van der Waals surface area contributed by atoms with Crippen LogP contribution in [0.3, 0.4) is 0 Å². The van der Waals surface area contributed by atoms with Gasteiger partial charge in [-0.3, -0.25) is 0 Å². The molecule has 0 saturated carbocycles. The number of H-pyrrole nitrogens is 1. The van der Waals surface area contributed by atoms with E-state index < -0.39 is 10.0 Å². The van der Waals surface area contributed by atoms with Crippen LogP contribution < -0.4 is 5.14 Å². The Morgan fingerprint density at radius 2 is 1.72 bits per heavy atom. The Morgan fingerprint density at radius 3 is 2.32 bits per heavy atom. The smallest absolute Gasteiger partial charge is 0.238 e. The number of rotatable bonds is 3. The van der Waals surface area contributed by atoms with Crippen molar-refractivity contribution in [2.75, 3.05) is 0 Å². The van der Waals surface area contributed by atoms with E-state index in [9.17, 15) is 18.6 Å². The lowest BCUT2D eigenvalue weighted by Crippen LogP contribution is -2.11. The van der Waals surface area contributed by atoms with E-state index in [2.05, 4.69) is 15.2 Å². The Kier molecular flexibility index (Phi) is 3.97. The molecule has 5 N–H and O–H groups in total. The number of hydrogen-bond donors (Lipinski definition) is 4. The fourth-order valence-electron chi connectivity index (χ4n) is 2.59. The summed E-state index contributed by atoms with van der Waals surface area (Å²) in [5.74, 6) is -0.0477. The number of aromatic amines is 1. The standard InChI is InChI=1S/C16H16N4O4S/c1-8-7-12-13(9(2)15(8)21)14(16(22)18-12)20-19-10-3-5-11(6-4-10)25(17,23)24/h3-7,18,21-22H,1-2H3,(H2,17,23,24). The predicted molar refractivity (Wildman–Crippen MR) is 93.1 cm³/mol. The highest BCUT2D eigenvalue weighted by molar-refractivity contribution is 7.89. The maximum Gasteiger partial charge on any atom is 0.238 e. The van der Waals surface area contributed by atoms with Gasteiger partial charge in [0.15, 0.2) is 5.69 Å². The number of fused-ring (bicyclic) bond motifs is 1. The molecule has 0 saturated heterocycles. The van der Waals surface area contributed by atoms with Gasteiger partial charge in [0, 0.05) is 10.9 Å². The summed E-state index contributed by atoms with van der Waals surface area (Å²) in [4.78, 5) is 2.77. The van der Waals surface area contributed by atoms with Crippen molar-refractivity contribution < 1.29 is 18.6 Å². The van der Waals surface area contributed by atoms with Gasteiger partial charge in [-0.2, -0.15) is 5.11 Å². The molecule has 3 aromatic rings. The molecule has 0 fully saturated rings. The summed E-state index contributed by atoms with van der Waals surface area (Å²) in [5, 5.41) is 33.8. The average Bonchev–Trinajstić information content (AvgIpc) is 2.85. The van der Waals surface area contributed by atoms with E-state index in [0.29, 0.717) is 27.7 Å². The van der Waals surface area contributed by atoms with Crippen molar-refractivity contribution >= 4 is 32.3 Å². The number of aromatic nitrogens is 1. The lowest BCUT2D eigenvalue weighted by Gasteiger charge is -2.04. The quantitative estimate of drug-likeness (QED) is 0.532. The zero-order chi connectivity index (χ0) is 18.4. The van der Waals surface area contributed by atoms with Gasteiger partial charge in [-0.15, -0.1) is 5.11 Å². The Morgan fingerprint density at radius 1 is 1.08 bits per heavy atom. The molecule has 0 radical (unpaired) electrons. The van der Waals surface area contributed by atoms with Gasteiger partial charge in [0.1, 0.15) is 5.75 Å². The highest BCUT2D eigenvalue weighted by atomic mass is 32.2. The van der Waals surface area contributed by atoms with Gasteiger partial charge in [-0.05, 0) is 49.7 Å². The summed E-state index contributed by atoms with van der Waals surface area (Å²) in [5.41, 5.74) is 2.45. The number of phenols is 1. The van der Waals surface area contributed by atoms with E-state index in [-0.39, 0.29) is 22.2 Å². The van der Waals surface area contributed by atoms with Crippen molar-refractivity contribution in [2.24, 2.45) is 15.4 Å². The summed E-state index contributed by atoms with van der Waals surface area (Å²) in [6.07, 6.45) is 0. The topological polar surface area (TPSA) is 141 Å². The van der Waals surface area contributed by atoms with Crippen LogP contribution in [0.2, 0.25) is 0 Å². The molecule has 8 nitrogen and oxygen atoms in total. The molecule has 1 aromatic heterocycles. The first-order valence-corrected chi connectivity index (χ1v) is 8.81. The Bertz CT molecular complexity index is 1100. The molecular formula is C16H16N4O4S. The third-order valence-corrected chi connectivity index (χ3v) is 4.81. The van der Waals surface area contributed by atoms with Crippen LogP contribution in [0.1, 0.15) is 11.1 Å². The molecule has 0 spiro atoms. The Balaban J connectivity index is 2.05. The zero-order valence-corrected chi connectivity index (χ0v) is 14.3. The number of phenolic OH excluding ortho intramolecular Hbond substituents is 1. The van der Waals surface area contributed by atoms with Gasteiger partial charge in [0.2, 0.25) is 15.9 Å². The van der Waals surface area contributed by atoms with E-state index >= 15 is 0 Å². The minimum Gasteiger partial charge on any atom is -0.507 e. The molecule has 1 heterocycles. The number of nitrogens with one attached hydrogen (secondary N) is 1. The number of nitrogens with zero attached hydrogens (tertiary/aromatic N) is 2. The molecular weight excluding hydrogens is 344 g/mol. The van der Waals surface area contributed by atoms with E-state index in [1.54, 1.807) is 19.9 Å². The largest absolute Gasteiger partial charge is 0.507 e. The molecule has 0 unspecified atom stereocenters. The van der Waals surface area contributed by atoms with Crippen LogP contribution >= 0.6 is 0 Å². The summed E-state index contributed by atoms with van der Waals surface area (Å²) in [7, 11) is -3.77. The van der Waals surface area contributed by atoms with Gasteiger partial charge >= 0.3 is 0 Å². The third kappa shape index (κ3) is 3.06.